The lowest BCUT2D eigenvalue weighted by Gasteiger charge is -2.11. The molecule has 0 aromatic heterocycles. The van der Waals surface area contributed by atoms with E-state index in [9.17, 15) is 4.79 Å². The SMILES string of the molecule is COC(=O)C(Cl)Cc1ccc(OC(C)C)cc1. The van der Waals surface area contributed by atoms with Gasteiger partial charge in [-0.15, -0.1) is 11.6 Å². The van der Waals surface area contributed by atoms with Crippen molar-refractivity contribution in [3.8, 4) is 5.75 Å². The maximum atomic E-state index is 11.1. The van der Waals surface area contributed by atoms with Gasteiger partial charge in [0.25, 0.3) is 0 Å². The van der Waals surface area contributed by atoms with Crippen LogP contribution >= 0.6 is 11.6 Å². The second kappa shape index (κ2) is 6.50. The normalized spacial score (nSPS) is 12.3. The molecular formula is C13H17ClO3. The van der Waals surface area contributed by atoms with Gasteiger partial charge < -0.3 is 9.47 Å². The molecule has 1 rings (SSSR count). The molecule has 1 unspecified atom stereocenters. The highest BCUT2D eigenvalue weighted by Gasteiger charge is 2.15. The largest absolute Gasteiger partial charge is 0.491 e. The molecule has 0 heterocycles. The Kier molecular flexibility index (Phi) is 5.29. The van der Waals surface area contributed by atoms with Gasteiger partial charge in [0.2, 0.25) is 0 Å². The minimum atomic E-state index is -0.642. The number of hydrogen-bond donors (Lipinski definition) is 0. The first kappa shape index (κ1) is 13.8. The third-order valence-electron chi connectivity index (χ3n) is 2.17. The van der Waals surface area contributed by atoms with Crippen LogP contribution in [0, 0.1) is 0 Å². The van der Waals surface area contributed by atoms with Gasteiger partial charge in [0.15, 0.2) is 0 Å². The van der Waals surface area contributed by atoms with Crippen molar-refractivity contribution in [2.75, 3.05) is 7.11 Å². The van der Waals surface area contributed by atoms with Crippen molar-refractivity contribution in [1.82, 2.24) is 0 Å². The number of ether oxygens (including phenoxy) is 2. The summed E-state index contributed by atoms with van der Waals surface area (Å²) < 4.78 is 10.1. The first-order valence-electron chi connectivity index (χ1n) is 5.50. The third-order valence-corrected chi connectivity index (χ3v) is 2.50. The molecule has 0 spiro atoms. The standard InChI is InChI=1S/C13H17ClO3/c1-9(2)17-11-6-4-10(5-7-11)8-12(14)13(15)16-3/h4-7,9,12H,8H2,1-3H3. The summed E-state index contributed by atoms with van der Waals surface area (Å²) in [6, 6.07) is 7.54. The van der Waals surface area contributed by atoms with Crippen LogP contribution in [0.25, 0.3) is 0 Å². The Bertz CT molecular complexity index is 359. The molecule has 0 aliphatic carbocycles. The lowest BCUT2D eigenvalue weighted by atomic mass is 10.1. The molecular weight excluding hydrogens is 240 g/mol. The summed E-state index contributed by atoms with van der Waals surface area (Å²) in [5, 5.41) is -0.642. The van der Waals surface area contributed by atoms with Crippen LogP contribution in [0.1, 0.15) is 19.4 Å². The van der Waals surface area contributed by atoms with E-state index in [0.29, 0.717) is 6.42 Å². The Balaban J connectivity index is 2.59. The maximum Gasteiger partial charge on any atom is 0.324 e. The minimum absolute atomic E-state index is 0.150. The molecule has 0 saturated heterocycles. The summed E-state index contributed by atoms with van der Waals surface area (Å²) >= 11 is 5.88. The molecule has 0 aliphatic rings. The van der Waals surface area contributed by atoms with Gasteiger partial charge in [-0.25, -0.2) is 0 Å². The van der Waals surface area contributed by atoms with Crippen LogP contribution in [0.2, 0.25) is 0 Å². The van der Waals surface area contributed by atoms with E-state index in [1.54, 1.807) is 0 Å². The van der Waals surface area contributed by atoms with Gasteiger partial charge >= 0.3 is 5.97 Å². The van der Waals surface area contributed by atoms with Crippen molar-refractivity contribution in [3.05, 3.63) is 29.8 Å². The molecule has 3 nitrogen and oxygen atoms in total. The van der Waals surface area contributed by atoms with Gasteiger partial charge in [-0.3, -0.25) is 4.79 Å². The van der Waals surface area contributed by atoms with E-state index in [2.05, 4.69) is 4.74 Å². The summed E-state index contributed by atoms with van der Waals surface area (Å²) in [4.78, 5) is 11.1. The van der Waals surface area contributed by atoms with E-state index in [-0.39, 0.29) is 6.10 Å². The Labute approximate surface area is 107 Å². The lowest BCUT2D eigenvalue weighted by molar-refractivity contribution is -0.140. The molecule has 1 atom stereocenters. The number of alkyl halides is 1. The molecule has 4 heteroatoms. The molecule has 1 aromatic carbocycles. The van der Waals surface area contributed by atoms with Gasteiger partial charge in [0, 0.05) is 0 Å². The minimum Gasteiger partial charge on any atom is -0.491 e. The maximum absolute atomic E-state index is 11.1. The van der Waals surface area contributed by atoms with Crippen molar-refractivity contribution >= 4 is 17.6 Å². The van der Waals surface area contributed by atoms with E-state index in [4.69, 9.17) is 16.3 Å². The zero-order chi connectivity index (χ0) is 12.8. The lowest BCUT2D eigenvalue weighted by Crippen LogP contribution is -2.18. The highest BCUT2D eigenvalue weighted by atomic mass is 35.5. The molecule has 0 amide bonds. The molecule has 0 N–H and O–H groups in total. The van der Waals surface area contributed by atoms with Gasteiger partial charge in [-0.1, -0.05) is 12.1 Å². The number of carbonyl (C=O) groups is 1. The number of methoxy groups -OCH3 is 1. The number of carbonyl (C=O) groups excluding carboxylic acids is 1. The Hall–Kier alpha value is -1.22. The number of benzene rings is 1. The topological polar surface area (TPSA) is 35.5 Å². The van der Waals surface area contributed by atoms with E-state index in [1.807, 2.05) is 38.1 Å². The van der Waals surface area contributed by atoms with E-state index < -0.39 is 11.3 Å². The van der Waals surface area contributed by atoms with Gasteiger partial charge in [-0.2, -0.15) is 0 Å². The average molecular weight is 257 g/mol. The van der Waals surface area contributed by atoms with Crippen LogP contribution < -0.4 is 4.74 Å². The van der Waals surface area contributed by atoms with Crippen LogP contribution in [0.4, 0.5) is 0 Å². The fourth-order valence-corrected chi connectivity index (χ4v) is 1.66. The molecule has 0 aliphatic heterocycles. The fourth-order valence-electron chi connectivity index (χ4n) is 1.39. The smallest absolute Gasteiger partial charge is 0.324 e. The van der Waals surface area contributed by atoms with Crippen molar-refractivity contribution < 1.29 is 14.3 Å². The molecule has 0 bridgehead atoms. The summed E-state index contributed by atoms with van der Waals surface area (Å²) in [6.07, 6.45) is 0.604. The third kappa shape index (κ3) is 4.65. The van der Waals surface area contributed by atoms with Gasteiger partial charge in [-0.05, 0) is 38.0 Å². The Morgan fingerprint density at radius 2 is 1.88 bits per heavy atom. The molecule has 1 aromatic rings. The predicted octanol–water partition coefficient (Wildman–Crippen LogP) is 2.80. The highest BCUT2D eigenvalue weighted by Crippen LogP contribution is 2.16. The number of halogens is 1. The quantitative estimate of drug-likeness (QED) is 0.600. The van der Waals surface area contributed by atoms with Crippen molar-refractivity contribution in [2.24, 2.45) is 0 Å². The Morgan fingerprint density at radius 1 is 1.29 bits per heavy atom. The van der Waals surface area contributed by atoms with Crippen LogP contribution in [0.3, 0.4) is 0 Å². The first-order chi connectivity index (χ1) is 8.02. The van der Waals surface area contributed by atoms with Gasteiger partial charge in [0.05, 0.1) is 13.2 Å². The van der Waals surface area contributed by atoms with Crippen LogP contribution in [-0.2, 0) is 16.0 Å². The molecule has 17 heavy (non-hydrogen) atoms. The number of hydrogen-bond acceptors (Lipinski definition) is 3. The molecule has 0 radical (unpaired) electrons. The summed E-state index contributed by atoms with van der Waals surface area (Å²) in [6.45, 7) is 3.94. The highest BCUT2D eigenvalue weighted by molar-refractivity contribution is 6.30. The zero-order valence-corrected chi connectivity index (χ0v) is 11.0. The molecule has 0 saturated carbocycles. The number of esters is 1. The fraction of sp³-hybridized carbons (Fsp3) is 0.462. The van der Waals surface area contributed by atoms with E-state index >= 15 is 0 Å². The van der Waals surface area contributed by atoms with E-state index in [0.717, 1.165) is 11.3 Å². The summed E-state index contributed by atoms with van der Waals surface area (Å²) in [7, 11) is 1.33. The molecule has 94 valence electrons. The average Bonchev–Trinajstić information content (AvgIpc) is 2.30. The predicted molar refractivity (Wildman–Crippen MR) is 67.6 cm³/mol. The molecule has 0 fully saturated rings. The van der Waals surface area contributed by atoms with Crippen molar-refractivity contribution in [1.29, 1.82) is 0 Å². The van der Waals surface area contributed by atoms with Gasteiger partial charge in [0.1, 0.15) is 11.1 Å². The number of rotatable bonds is 5. The summed E-state index contributed by atoms with van der Waals surface area (Å²) in [5.74, 6) is 0.405. The Morgan fingerprint density at radius 3 is 2.35 bits per heavy atom. The van der Waals surface area contributed by atoms with Crippen LogP contribution in [-0.4, -0.2) is 24.6 Å². The van der Waals surface area contributed by atoms with Crippen molar-refractivity contribution in [3.63, 3.8) is 0 Å². The van der Waals surface area contributed by atoms with E-state index in [1.165, 1.54) is 7.11 Å². The van der Waals surface area contributed by atoms with Crippen LogP contribution in [0.5, 0.6) is 5.75 Å². The second-order valence-corrected chi connectivity index (χ2v) is 4.53. The monoisotopic (exact) mass is 256 g/mol. The van der Waals surface area contributed by atoms with Crippen LogP contribution in [0.15, 0.2) is 24.3 Å². The first-order valence-corrected chi connectivity index (χ1v) is 5.94. The zero-order valence-electron chi connectivity index (χ0n) is 10.3. The van der Waals surface area contributed by atoms with Crippen molar-refractivity contribution in [2.45, 2.75) is 31.7 Å². The second-order valence-electron chi connectivity index (χ2n) is 4.01. The summed E-state index contributed by atoms with van der Waals surface area (Å²) in [5.41, 5.74) is 0.978.